The first-order chi connectivity index (χ1) is 9.47. The van der Waals surface area contributed by atoms with E-state index in [1.807, 2.05) is 0 Å². The number of aromatic amines is 1. The molecule has 1 aromatic rings. The standard InChI is InChI=1S/C12H16N2O6/c1-6-3-14(11(18)13-10(6)17)8-2-7-9(16)12(4-15,20-8)5-19-7/h3,7-9,15-16H,2,4-5H2,1H3,(H,13,17,18)/t7?,8-,9-,12-/m0/s1. The molecule has 2 aliphatic heterocycles. The molecule has 2 saturated heterocycles. The minimum atomic E-state index is -1.21. The van der Waals surface area contributed by atoms with Gasteiger partial charge in [0.2, 0.25) is 0 Å². The number of H-pyrrole nitrogens is 1. The highest BCUT2D eigenvalue weighted by molar-refractivity contribution is 5.05. The van der Waals surface area contributed by atoms with Crippen molar-refractivity contribution in [2.24, 2.45) is 0 Å². The number of aliphatic hydroxyl groups is 2. The average molecular weight is 284 g/mol. The summed E-state index contributed by atoms with van der Waals surface area (Å²) in [7, 11) is 0. The molecule has 2 fully saturated rings. The van der Waals surface area contributed by atoms with Gasteiger partial charge in [-0.15, -0.1) is 0 Å². The molecule has 4 atom stereocenters. The smallest absolute Gasteiger partial charge is 0.330 e. The van der Waals surface area contributed by atoms with E-state index >= 15 is 0 Å². The largest absolute Gasteiger partial charge is 0.393 e. The SMILES string of the molecule is Cc1cn([C@@H]2CC3OC[C@](CO)(O2)[C@H]3O)c(=O)[nH]c1=O. The topological polar surface area (TPSA) is 114 Å². The van der Waals surface area contributed by atoms with Crippen molar-refractivity contribution in [2.45, 2.75) is 37.4 Å². The normalized spacial score (nSPS) is 36.2. The summed E-state index contributed by atoms with van der Waals surface area (Å²) in [6, 6.07) is 0. The molecule has 8 heteroatoms. The van der Waals surface area contributed by atoms with Gasteiger partial charge in [0, 0.05) is 18.2 Å². The first-order valence-electron chi connectivity index (χ1n) is 6.37. The van der Waals surface area contributed by atoms with Crippen LogP contribution in [0, 0.1) is 6.92 Å². The Morgan fingerprint density at radius 3 is 3.00 bits per heavy atom. The van der Waals surface area contributed by atoms with Crippen LogP contribution in [0.4, 0.5) is 0 Å². The maximum atomic E-state index is 11.9. The third-order valence-corrected chi connectivity index (χ3v) is 3.96. The Morgan fingerprint density at radius 1 is 1.55 bits per heavy atom. The zero-order valence-corrected chi connectivity index (χ0v) is 10.9. The fraction of sp³-hybridized carbons (Fsp3) is 0.667. The Bertz CT molecular complexity index is 638. The number of ether oxygens (including phenoxy) is 2. The molecule has 3 heterocycles. The van der Waals surface area contributed by atoms with Gasteiger partial charge in [0.1, 0.15) is 17.9 Å². The summed E-state index contributed by atoms with van der Waals surface area (Å²) < 4.78 is 12.4. The van der Waals surface area contributed by atoms with Crippen molar-refractivity contribution in [2.75, 3.05) is 13.2 Å². The van der Waals surface area contributed by atoms with Crippen molar-refractivity contribution >= 4 is 0 Å². The number of nitrogens with one attached hydrogen (secondary N) is 1. The molecule has 2 bridgehead atoms. The molecule has 0 aliphatic carbocycles. The molecule has 1 unspecified atom stereocenters. The summed E-state index contributed by atoms with van der Waals surface area (Å²) in [5, 5.41) is 19.5. The van der Waals surface area contributed by atoms with Gasteiger partial charge in [-0.1, -0.05) is 0 Å². The molecule has 1 aromatic heterocycles. The second-order valence-corrected chi connectivity index (χ2v) is 5.30. The Balaban J connectivity index is 1.99. The van der Waals surface area contributed by atoms with Gasteiger partial charge in [0.15, 0.2) is 0 Å². The van der Waals surface area contributed by atoms with E-state index in [2.05, 4.69) is 4.98 Å². The van der Waals surface area contributed by atoms with Crippen LogP contribution in [-0.4, -0.2) is 50.8 Å². The van der Waals surface area contributed by atoms with Crippen LogP contribution in [0.15, 0.2) is 15.8 Å². The lowest BCUT2D eigenvalue weighted by atomic mass is 9.92. The van der Waals surface area contributed by atoms with E-state index in [4.69, 9.17) is 9.47 Å². The van der Waals surface area contributed by atoms with E-state index < -0.39 is 41.9 Å². The van der Waals surface area contributed by atoms with Crippen molar-refractivity contribution in [3.05, 3.63) is 32.6 Å². The molecule has 0 spiro atoms. The Kier molecular flexibility index (Phi) is 3.05. The molecule has 3 N–H and O–H groups in total. The predicted octanol–water partition coefficient (Wildman–Crippen LogP) is -1.75. The van der Waals surface area contributed by atoms with Gasteiger partial charge in [-0.2, -0.15) is 0 Å². The molecule has 20 heavy (non-hydrogen) atoms. The number of hydrogen-bond donors (Lipinski definition) is 3. The van der Waals surface area contributed by atoms with Crippen LogP contribution in [0.25, 0.3) is 0 Å². The maximum Gasteiger partial charge on any atom is 0.330 e. The number of aliphatic hydroxyl groups excluding tert-OH is 2. The van der Waals surface area contributed by atoms with Gasteiger partial charge >= 0.3 is 5.69 Å². The third-order valence-electron chi connectivity index (χ3n) is 3.96. The molecule has 2 aliphatic rings. The number of nitrogens with zero attached hydrogens (tertiary/aromatic N) is 1. The first-order valence-corrected chi connectivity index (χ1v) is 6.37. The van der Waals surface area contributed by atoms with Gasteiger partial charge in [-0.05, 0) is 6.92 Å². The minimum absolute atomic E-state index is 0.0723. The lowest BCUT2D eigenvalue weighted by Gasteiger charge is -2.39. The fourth-order valence-corrected chi connectivity index (χ4v) is 2.73. The van der Waals surface area contributed by atoms with E-state index in [0.717, 1.165) is 0 Å². The number of aryl methyl sites for hydroxylation is 1. The molecule has 3 rings (SSSR count). The van der Waals surface area contributed by atoms with Crippen molar-refractivity contribution in [1.82, 2.24) is 9.55 Å². The second-order valence-electron chi connectivity index (χ2n) is 5.30. The maximum absolute atomic E-state index is 11.9. The van der Waals surface area contributed by atoms with Crippen molar-refractivity contribution < 1.29 is 19.7 Å². The van der Waals surface area contributed by atoms with Crippen molar-refractivity contribution in [3.63, 3.8) is 0 Å². The highest BCUT2D eigenvalue weighted by Gasteiger charge is 2.56. The molecule has 8 nitrogen and oxygen atoms in total. The van der Waals surface area contributed by atoms with E-state index in [9.17, 15) is 19.8 Å². The zero-order chi connectivity index (χ0) is 14.5. The summed E-state index contributed by atoms with van der Waals surface area (Å²) in [6.07, 6.45) is -0.438. The first kappa shape index (κ1) is 13.5. The Morgan fingerprint density at radius 2 is 2.30 bits per heavy atom. The average Bonchev–Trinajstić information content (AvgIpc) is 2.63. The van der Waals surface area contributed by atoms with Gasteiger partial charge in [0.05, 0.1) is 19.3 Å². The molecular weight excluding hydrogens is 268 g/mol. The highest BCUT2D eigenvalue weighted by atomic mass is 16.6. The summed E-state index contributed by atoms with van der Waals surface area (Å²) in [6.45, 7) is 1.25. The van der Waals surface area contributed by atoms with E-state index in [-0.39, 0.29) is 13.0 Å². The number of aromatic nitrogens is 2. The zero-order valence-electron chi connectivity index (χ0n) is 10.9. The third kappa shape index (κ3) is 1.84. The second kappa shape index (κ2) is 4.52. The van der Waals surface area contributed by atoms with Crippen LogP contribution in [0.3, 0.4) is 0 Å². The van der Waals surface area contributed by atoms with Crippen molar-refractivity contribution in [3.8, 4) is 0 Å². The predicted molar refractivity (Wildman–Crippen MR) is 66.4 cm³/mol. The van der Waals surface area contributed by atoms with Crippen LogP contribution in [0.5, 0.6) is 0 Å². The van der Waals surface area contributed by atoms with Crippen LogP contribution in [-0.2, 0) is 9.47 Å². The number of fused-ring (bicyclic) bond motifs is 2. The van der Waals surface area contributed by atoms with Crippen LogP contribution in [0.2, 0.25) is 0 Å². The summed E-state index contributed by atoms with van der Waals surface area (Å²) in [5.41, 5.74) is -1.87. The van der Waals surface area contributed by atoms with Crippen LogP contribution >= 0.6 is 0 Å². The number of rotatable bonds is 2. The van der Waals surface area contributed by atoms with Gasteiger partial charge in [-0.3, -0.25) is 14.3 Å². The molecule has 110 valence electrons. The highest BCUT2D eigenvalue weighted by Crippen LogP contribution is 2.40. The molecule has 0 aromatic carbocycles. The van der Waals surface area contributed by atoms with E-state index in [1.54, 1.807) is 6.92 Å². The lowest BCUT2D eigenvalue weighted by molar-refractivity contribution is -0.208. The summed E-state index contributed by atoms with van der Waals surface area (Å²) in [4.78, 5) is 25.4. The van der Waals surface area contributed by atoms with Crippen molar-refractivity contribution in [1.29, 1.82) is 0 Å². The molecule has 0 radical (unpaired) electrons. The number of hydrogen-bond acceptors (Lipinski definition) is 6. The molecular formula is C12H16N2O6. The minimum Gasteiger partial charge on any atom is -0.393 e. The molecule has 0 saturated carbocycles. The van der Waals surface area contributed by atoms with Crippen LogP contribution in [0.1, 0.15) is 18.2 Å². The van der Waals surface area contributed by atoms with E-state index in [0.29, 0.717) is 5.56 Å². The summed E-state index contributed by atoms with van der Waals surface area (Å²) >= 11 is 0. The van der Waals surface area contributed by atoms with Gasteiger partial charge in [-0.25, -0.2) is 4.79 Å². The Labute approximate surface area is 113 Å². The summed E-state index contributed by atoms with van der Waals surface area (Å²) in [5.74, 6) is 0. The van der Waals surface area contributed by atoms with Crippen LogP contribution < -0.4 is 11.2 Å². The Hall–Kier alpha value is -1.48. The quantitative estimate of drug-likeness (QED) is 0.594. The van der Waals surface area contributed by atoms with Gasteiger partial charge < -0.3 is 19.7 Å². The molecule has 0 amide bonds. The van der Waals surface area contributed by atoms with E-state index in [1.165, 1.54) is 10.8 Å². The lowest BCUT2D eigenvalue weighted by Crippen LogP contribution is -2.55. The monoisotopic (exact) mass is 284 g/mol. The fourth-order valence-electron chi connectivity index (χ4n) is 2.73. The van der Waals surface area contributed by atoms with Gasteiger partial charge in [0.25, 0.3) is 5.56 Å².